The third-order valence-corrected chi connectivity index (χ3v) is 4.18. The molecule has 0 fully saturated rings. The van der Waals surface area contributed by atoms with Gasteiger partial charge in [-0.15, -0.1) is 0 Å². The number of hydrogen-bond acceptors (Lipinski definition) is 2. The number of aromatic nitrogens is 1. The Labute approximate surface area is 153 Å². The summed E-state index contributed by atoms with van der Waals surface area (Å²) in [5.74, 6) is -0.194. The van der Waals surface area contributed by atoms with Crippen molar-refractivity contribution in [1.29, 1.82) is 0 Å². The van der Waals surface area contributed by atoms with Gasteiger partial charge >= 0.3 is 0 Å². The lowest BCUT2D eigenvalue weighted by atomic mass is 10.1. The molecule has 1 N–H and O–H groups in total. The SMILES string of the molecule is Cc1ccc(Cn2cc(C)cc(NC(=O)Cc3ccccc3)c2=O)cc1. The van der Waals surface area contributed by atoms with E-state index in [1.165, 1.54) is 5.56 Å². The summed E-state index contributed by atoms with van der Waals surface area (Å²) >= 11 is 0. The first kappa shape index (κ1) is 17.7. The Kier molecular flexibility index (Phi) is 5.32. The van der Waals surface area contributed by atoms with Crippen LogP contribution in [-0.2, 0) is 17.8 Å². The number of rotatable bonds is 5. The zero-order chi connectivity index (χ0) is 18.5. The lowest BCUT2D eigenvalue weighted by molar-refractivity contribution is -0.115. The van der Waals surface area contributed by atoms with Gasteiger partial charge in [-0.05, 0) is 36.6 Å². The molecule has 3 rings (SSSR count). The van der Waals surface area contributed by atoms with Crippen molar-refractivity contribution >= 4 is 11.6 Å². The van der Waals surface area contributed by atoms with Gasteiger partial charge in [0.2, 0.25) is 5.91 Å². The smallest absolute Gasteiger partial charge is 0.274 e. The lowest BCUT2D eigenvalue weighted by Gasteiger charge is -2.11. The fourth-order valence-corrected chi connectivity index (χ4v) is 2.86. The third-order valence-electron chi connectivity index (χ3n) is 4.18. The van der Waals surface area contributed by atoms with Crippen molar-refractivity contribution < 1.29 is 4.79 Å². The number of amides is 1. The molecular weight excluding hydrogens is 324 g/mol. The molecule has 0 aliphatic heterocycles. The molecule has 2 aromatic carbocycles. The molecule has 0 bridgehead atoms. The number of carbonyl (C=O) groups excluding carboxylic acids is 1. The van der Waals surface area contributed by atoms with Gasteiger partial charge in [0.1, 0.15) is 5.69 Å². The Morgan fingerprint density at radius 2 is 1.62 bits per heavy atom. The van der Waals surface area contributed by atoms with Crippen molar-refractivity contribution in [3.8, 4) is 0 Å². The highest BCUT2D eigenvalue weighted by Crippen LogP contribution is 2.09. The molecular formula is C22H22N2O2. The monoisotopic (exact) mass is 346 g/mol. The Bertz CT molecular complexity index is 958. The minimum absolute atomic E-state index is 0.194. The first-order valence-corrected chi connectivity index (χ1v) is 8.62. The molecule has 3 aromatic rings. The van der Waals surface area contributed by atoms with Crippen molar-refractivity contribution in [2.75, 3.05) is 5.32 Å². The number of hydrogen-bond donors (Lipinski definition) is 1. The molecule has 0 unspecified atom stereocenters. The van der Waals surface area contributed by atoms with Crippen molar-refractivity contribution in [2.24, 2.45) is 0 Å². The van der Waals surface area contributed by atoms with Crippen molar-refractivity contribution in [2.45, 2.75) is 26.8 Å². The second-order valence-corrected chi connectivity index (χ2v) is 6.56. The third kappa shape index (κ3) is 4.48. The van der Waals surface area contributed by atoms with E-state index in [-0.39, 0.29) is 17.9 Å². The number of nitrogens with one attached hydrogen (secondary N) is 1. The maximum Gasteiger partial charge on any atom is 0.274 e. The van der Waals surface area contributed by atoms with E-state index >= 15 is 0 Å². The molecule has 0 aliphatic carbocycles. The summed E-state index contributed by atoms with van der Waals surface area (Å²) in [4.78, 5) is 25.0. The highest BCUT2D eigenvalue weighted by molar-refractivity contribution is 5.92. The standard InChI is InChI=1S/C22H22N2O2/c1-16-8-10-19(11-9-16)15-24-14-17(2)12-20(22(24)26)23-21(25)13-18-6-4-3-5-7-18/h3-12,14H,13,15H2,1-2H3,(H,23,25). The van der Waals surface area contributed by atoms with Gasteiger partial charge in [-0.25, -0.2) is 0 Å². The van der Waals surface area contributed by atoms with Gasteiger partial charge in [-0.2, -0.15) is 0 Å². The van der Waals surface area contributed by atoms with Crippen molar-refractivity contribution in [1.82, 2.24) is 4.57 Å². The second-order valence-electron chi connectivity index (χ2n) is 6.56. The summed E-state index contributed by atoms with van der Waals surface area (Å²) in [5, 5.41) is 2.76. The first-order valence-electron chi connectivity index (χ1n) is 8.62. The highest BCUT2D eigenvalue weighted by atomic mass is 16.2. The van der Waals surface area contributed by atoms with Crippen LogP contribution in [0.5, 0.6) is 0 Å². The Hall–Kier alpha value is -3.14. The number of benzene rings is 2. The summed E-state index contributed by atoms with van der Waals surface area (Å²) in [6.07, 6.45) is 2.06. The fourth-order valence-electron chi connectivity index (χ4n) is 2.86. The van der Waals surface area contributed by atoms with E-state index in [1.807, 2.05) is 74.6 Å². The Morgan fingerprint density at radius 1 is 0.923 bits per heavy atom. The Morgan fingerprint density at radius 3 is 2.31 bits per heavy atom. The molecule has 0 atom stereocenters. The van der Waals surface area contributed by atoms with Crippen LogP contribution in [-0.4, -0.2) is 10.5 Å². The van der Waals surface area contributed by atoms with Crippen LogP contribution in [0.15, 0.2) is 71.7 Å². The molecule has 26 heavy (non-hydrogen) atoms. The van der Waals surface area contributed by atoms with E-state index in [0.29, 0.717) is 12.2 Å². The van der Waals surface area contributed by atoms with E-state index in [2.05, 4.69) is 5.32 Å². The van der Waals surface area contributed by atoms with Crippen LogP contribution in [0.2, 0.25) is 0 Å². The molecule has 0 radical (unpaired) electrons. The van der Waals surface area contributed by atoms with Gasteiger partial charge in [0.05, 0.1) is 13.0 Å². The van der Waals surface area contributed by atoms with Crippen LogP contribution < -0.4 is 10.9 Å². The predicted molar refractivity (Wildman–Crippen MR) is 104 cm³/mol. The van der Waals surface area contributed by atoms with Gasteiger partial charge in [0.15, 0.2) is 0 Å². The topological polar surface area (TPSA) is 51.1 Å². The molecule has 1 aromatic heterocycles. The molecule has 0 saturated carbocycles. The molecule has 1 amide bonds. The van der Waals surface area contributed by atoms with E-state index in [1.54, 1.807) is 10.6 Å². The molecule has 4 nitrogen and oxygen atoms in total. The zero-order valence-corrected chi connectivity index (χ0v) is 15.0. The summed E-state index contributed by atoms with van der Waals surface area (Å²) < 4.78 is 1.64. The van der Waals surface area contributed by atoms with Crippen LogP contribution in [0.4, 0.5) is 5.69 Å². The highest BCUT2D eigenvalue weighted by Gasteiger charge is 2.10. The number of aryl methyl sites for hydroxylation is 2. The molecule has 1 heterocycles. The molecule has 0 saturated heterocycles. The number of carbonyl (C=O) groups is 1. The molecule has 0 aliphatic rings. The van der Waals surface area contributed by atoms with Gasteiger partial charge in [-0.3, -0.25) is 9.59 Å². The van der Waals surface area contributed by atoms with Gasteiger partial charge < -0.3 is 9.88 Å². The van der Waals surface area contributed by atoms with Gasteiger partial charge in [-0.1, -0.05) is 60.2 Å². The van der Waals surface area contributed by atoms with Gasteiger partial charge in [0, 0.05) is 6.20 Å². The maximum atomic E-state index is 12.7. The van der Waals surface area contributed by atoms with Crippen LogP contribution >= 0.6 is 0 Å². The van der Waals surface area contributed by atoms with E-state index in [0.717, 1.165) is 16.7 Å². The summed E-state index contributed by atoms with van der Waals surface area (Å²) in [6, 6.07) is 19.3. The van der Waals surface area contributed by atoms with Crippen LogP contribution in [0.1, 0.15) is 22.3 Å². The largest absolute Gasteiger partial charge is 0.321 e. The zero-order valence-electron chi connectivity index (χ0n) is 15.0. The average Bonchev–Trinajstić information content (AvgIpc) is 2.61. The number of nitrogens with zero attached hydrogens (tertiary/aromatic N) is 1. The minimum Gasteiger partial charge on any atom is -0.321 e. The number of anilines is 1. The van der Waals surface area contributed by atoms with Crippen LogP contribution in [0.25, 0.3) is 0 Å². The minimum atomic E-state index is -0.197. The van der Waals surface area contributed by atoms with Crippen LogP contribution in [0, 0.1) is 13.8 Å². The maximum absolute atomic E-state index is 12.7. The first-order chi connectivity index (χ1) is 12.5. The molecule has 132 valence electrons. The average molecular weight is 346 g/mol. The fraction of sp³-hybridized carbons (Fsp3) is 0.182. The summed E-state index contributed by atoms with van der Waals surface area (Å²) in [5.41, 5.74) is 4.18. The molecule has 4 heteroatoms. The predicted octanol–water partition coefficient (Wildman–Crippen LogP) is 3.69. The summed E-state index contributed by atoms with van der Waals surface area (Å²) in [7, 11) is 0. The van der Waals surface area contributed by atoms with E-state index in [9.17, 15) is 9.59 Å². The molecule has 0 spiro atoms. The quantitative estimate of drug-likeness (QED) is 0.766. The van der Waals surface area contributed by atoms with Crippen molar-refractivity contribution in [3.05, 3.63) is 99.5 Å². The number of pyridine rings is 1. The van der Waals surface area contributed by atoms with E-state index < -0.39 is 0 Å². The lowest BCUT2D eigenvalue weighted by Crippen LogP contribution is -2.27. The second kappa shape index (κ2) is 7.83. The van der Waals surface area contributed by atoms with Gasteiger partial charge in [0.25, 0.3) is 5.56 Å². The van der Waals surface area contributed by atoms with Crippen molar-refractivity contribution in [3.63, 3.8) is 0 Å². The Balaban J connectivity index is 1.79. The normalized spacial score (nSPS) is 10.5. The van der Waals surface area contributed by atoms with E-state index in [4.69, 9.17) is 0 Å². The summed E-state index contributed by atoms with van der Waals surface area (Å²) in [6.45, 7) is 4.42. The van der Waals surface area contributed by atoms with Crippen LogP contribution in [0.3, 0.4) is 0 Å².